The first-order valence-electron chi connectivity index (χ1n) is 10.2. The molecule has 0 spiro atoms. The second-order valence-electron chi connectivity index (χ2n) is 7.18. The fraction of sp³-hybridized carbons (Fsp3) is 0.217. The first-order valence-corrected chi connectivity index (χ1v) is 11.0. The lowest BCUT2D eigenvalue weighted by molar-refractivity contribution is -0.143. The lowest BCUT2D eigenvalue weighted by Gasteiger charge is -2.12. The molecule has 5 rings (SSSR count). The van der Waals surface area contributed by atoms with Crippen molar-refractivity contribution in [2.45, 2.75) is 26.3 Å². The summed E-state index contributed by atoms with van der Waals surface area (Å²) in [6, 6.07) is 17.7. The molecule has 3 heterocycles. The summed E-state index contributed by atoms with van der Waals surface area (Å²) >= 11 is 1.46. The second kappa shape index (κ2) is 7.96. The average Bonchev–Trinajstić information content (AvgIpc) is 3.40. The van der Waals surface area contributed by atoms with Gasteiger partial charge in [0, 0.05) is 28.6 Å². The van der Waals surface area contributed by atoms with Crippen LogP contribution in [0.25, 0.3) is 37.2 Å². The fourth-order valence-electron chi connectivity index (χ4n) is 3.92. The molecule has 0 aliphatic rings. The number of nitrogens with zero attached hydrogens (tertiary/aromatic N) is 4. The van der Waals surface area contributed by atoms with Crippen molar-refractivity contribution in [2.75, 3.05) is 6.61 Å². The van der Waals surface area contributed by atoms with Gasteiger partial charge in [0.25, 0.3) is 5.56 Å². The Balaban J connectivity index is 1.77. The molecule has 0 amide bonds. The number of esters is 1. The highest BCUT2D eigenvalue weighted by molar-refractivity contribution is 7.25. The molecule has 0 aliphatic heterocycles. The summed E-state index contributed by atoms with van der Waals surface area (Å²) in [5, 5.41) is 9.56. The van der Waals surface area contributed by atoms with Crippen LogP contribution >= 0.6 is 11.3 Å². The van der Waals surface area contributed by atoms with Gasteiger partial charge >= 0.3 is 5.97 Å². The molecule has 0 N–H and O–H groups in total. The molecule has 0 atom stereocenters. The van der Waals surface area contributed by atoms with E-state index in [1.165, 1.54) is 15.9 Å². The monoisotopic (exact) mass is 432 g/mol. The summed E-state index contributed by atoms with van der Waals surface area (Å²) in [6.07, 6.45) is 0.883. The number of hydrogen-bond donors (Lipinski definition) is 0. The van der Waals surface area contributed by atoms with E-state index in [2.05, 4.69) is 14.9 Å². The van der Waals surface area contributed by atoms with Crippen LogP contribution < -0.4 is 5.56 Å². The first-order chi connectivity index (χ1) is 15.2. The molecule has 5 aromatic rings. The number of aromatic nitrogens is 4. The molecular weight excluding hydrogens is 412 g/mol. The number of ether oxygens (including phenoxy) is 1. The molecule has 0 fully saturated rings. The van der Waals surface area contributed by atoms with Crippen LogP contribution in [0.5, 0.6) is 0 Å². The smallest absolute Gasteiger partial charge is 0.305 e. The number of carbonyl (C=O) groups is 1. The summed E-state index contributed by atoms with van der Waals surface area (Å²) < 4.78 is 10.2. The third kappa shape index (κ3) is 3.29. The number of thiophene rings is 1. The van der Waals surface area contributed by atoms with Crippen LogP contribution in [-0.4, -0.2) is 32.0 Å². The Kier molecular flexibility index (Phi) is 4.99. The Hall–Kier alpha value is -3.52. The minimum atomic E-state index is -0.221. The van der Waals surface area contributed by atoms with Crippen LogP contribution in [0.15, 0.2) is 59.4 Å². The molecule has 0 radical (unpaired) electrons. The van der Waals surface area contributed by atoms with Gasteiger partial charge in [-0.2, -0.15) is 4.52 Å². The van der Waals surface area contributed by atoms with E-state index in [1.54, 1.807) is 6.92 Å². The third-order valence-electron chi connectivity index (χ3n) is 5.24. The zero-order chi connectivity index (χ0) is 21.4. The third-order valence-corrected chi connectivity index (χ3v) is 6.39. The van der Waals surface area contributed by atoms with Gasteiger partial charge in [-0.1, -0.05) is 53.7 Å². The van der Waals surface area contributed by atoms with E-state index in [4.69, 9.17) is 4.74 Å². The van der Waals surface area contributed by atoms with Crippen molar-refractivity contribution >= 4 is 43.3 Å². The molecule has 0 saturated heterocycles. The Labute approximate surface area is 181 Å². The molecule has 0 saturated carbocycles. The van der Waals surface area contributed by atoms with Crippen molar-refractivity contribution in [1.29, 1.82) is 0 Å². The SMILES string of the molecule is CCOC(=O)CCCn1c2c(sc3ccccc32)c(=O)n2nnc(-c3ccccc3)c12. The van der Waals surface area contributed by atoms with E-state index in [9.17, 15) is 9.59 Å². The van der Waals surface area contributed by atoms with Gasteiger partial charge in [-0.15, -0.1) is 16.4 Å². The maximum Gasteiger partial charge on any atom is 0.305 e. The van der Waals surface area contributed by atoms with E-state index < -0.39 is 0 Å². The van der Waals surface area contributed by atoms with Crippen LogP contribution in [0.4, 0.5) is 0 Å². The Morgan fingerprint density at radius 2 is 1.87 bits per heavy atom. The zero-order valence-electron chi connectivity index (χ0n) is 16.9. The van der Waals surface area contributed by atoms with Crippen LogP contribution in [0.3, 0.4) is 0 Å². The molecule has 2 aromatic carbocycles. The Bertz CT molecular complexity index is 1470. The van der Waals surface area contributed by atoms with Crippen molar-refractivity contribution in [1.82, 2.24) is 19.4 Å². The quantitative estimate of drug-likeness (QED) is 0.375. The molecule has 0 bridgehead atoms. The van der Waals surface area contributed by atoms with Crippen molar-refractivity contribution in [3.05, 3.63) is 65.0 Å². The van der Waals surface area contributed by atoms with Gasteiger partial charge in [0.15, 0.2) is 5.65 Å². The van der Waals surface area contributed by atoms with Crippen LogP contribution in [-0.2, 0) is 16.1 Å². The highest BCUT2D eigenvalue weighted by Crippen LogP contribution is 2.34. The molecule has 31 heavy (non-hydrogen) atoms. The minimum Gasteiger partial charge on any atom is -0.466 e. The standard InChI is InChI=1S/C23H20N4O3S/c1-2-30-18(28)13-8-14-26-20-16-11-6-7-12-17(16)31-21(20)23(29)27-22(26)19(24-25-27)15-9-4-3-5-10-15/h3-7,9-12H,2,8,13-14H2,1H3. The van der Waals surface area contributed by atoms with Crippen molar-refractivity contribution in [2.24, 2.45) is 0 Å². The molecule has 0 unspecified atom stereocenters. The predicted octanol–water partition coefficient (Wildman–Crippen LogP) is 4.27. The maximum atomic E-state index is 13.3. The van der Waals surface area contributed by atoms with Gasteiger partial charge in [-0.25, -0.2) is 0 Å². The topological polar surface area (TPSA) is 78.5 Å². The molecule has 0 aliphatic carbocycles. The molecule has 156 valence electrons. The van der Waals surface area contributed by atoms with E-state index in [1.807, 2.05) is 54.6 Å². The van der Waals surface area contributed by atoms with Gasteiger partial charge < -0.3 is 9.30 Å². The van der Waals surface area contributed by atoms with Crippen LogP contribution in [0.1, 0.15) is 19.8 Å². The summed E-state index contributed by atoms with van der Waals surface area (Å²) in [4.78, 5) is 25.2. The number of hydrogen-bond acceptors (Lipinski definition) is 6. The van der Waals surface area contributed by atoms with Crippen LogP contribution in [0.2, 0.25) is 0 Å². The zero-order valence-corrected chi connectivity index (χ0v) is 17.8. The molecular formula is C23H20N4O3S. The number of rotatable bonds is 6. The number of fused-ring (bicyclic) bond motifs is 4. The lowest BCUT2D eigenvalue weighted by Crippen LogP contribution is -2.19. The summed E-state index contributed by atoms with van der Waals surface area (Å²) in [5.74, 6) is -0.221. The van der Waals surface area contributed by atoms with Gasteiger partial charge in [-0.05, 0) is 19.4 Å². The predicted molar refractivity (Wildman–Crippen MR) is 121 cm³/mol. The van der Waals surface area contributed by atoms with Crippen molar-refractivity contribution < 1.29 is 9.53 Å². The minimum absolute atomic E-state index is 0.178. The number of aryl methyl sites for hydroxylation is 1. The highest BCUT2D eigenvalue weighted by atomic mass is 32.1. The molecule has 3 aromatic heterocycles. The van der Waals surface area contributed by atoms with Gasteiger partial charge in [0.05, 0.1) is 12.1 Å². The van der Waals surface area contributed by atoms with E-state index in [0.29, 0.717) is 42.0 Å². The molecule has 7 nitrogen and oxygen atoms in total. The normalized spacial score (nSPS) is 11.5. The van der Waals surface area contributed by atoms with Gasteiger partial charge in [-0.3, -0.25) is 9.59 Å². The lowest BCUT2D eigenvalue weighted by atomic mass is 10.1. The maximum absolute atomic E-state index is 13.3. The van der Waals surface area contributed by atoms with Crippen LogP contribution in [0, 0.1) is 0 Å². The number of benzene rings is 2. The Morgan fingerprint density at radius 1 is 1.10 bits per heavy atom. The summed E-state index contributed by atoms with van der Waals surface area (Å²) in [5.41, 5.74) is 2.85. The van der Waals surface area contributed by atoms with Crippen molar-refractivity contribution in [3.63, 3.8) is 0 Å². The van der Waals surface area contributed by atoms with E-state index in [-0.39, 0.29) is 11.5 Å². The molecule has 8 heteroatoms. The Morgan fingerprint density at radius 3 is 2.68 bits per heavy atom. The largest absolute Gasteiger partial charge is 0.466 e. The van der Waals surface area contributed by atoms with Gasteiger partial charge in [0.2, 0.25) is 0 Å². The fourth-order valence-corrected chi connectivity index (χ4v) is 5.05. The highest BCUT2D eigenvalue weighted by Gasteiger charge is 2.21. The average molecular weight is 433 g/mol. The van der Waals surface area contributed by atoms with E-state index >= 15 is 0 Å². The first kappa shape index (κ1) is 19.4. The van der Waals surface area contributed by atoms with Gasteiger partial charge in [0.1, 0.15) is 10.4 Å². The number of carbonyl (C=O) groups excluding carboxylic acids is 1. The summed E-state index contributed by atoms with van der Waals surface area (Å²) in [7, 11) is 0. The van der Waals surface area contributed by atoms with E-state index in [0.717, 1.165) is 21.2 Å². The summed E-state index contributed by atoms with van der Waals surface area (Å²) in [6.45, 7) is 2.70. The van der Waals surface area contributed by atoms with Crippen molar-refractivity contribution in [3.8, 4) is 11.3 Å². The second-order valence-corrected chi connectivity index (χ2v) is 8.23.